The number of benzene rings is 1. The number of aryl methyl sites for hydroxylation is 1. The van der Waals surface area contributed by atoms with Crippen LogP contribution in [0, 0.1) is 5.82 Å². The van der Waals surface area contributed by atoms with E-state index in [1.807, 2.05) is 0 Å². The zero-order valence-corrected chi connectivity index (χ0v) is 9.51. The third-order valence-corrected chi connectivity index (χ3v) is 2.74. The summed E-state index contributed by atoms with van der Waals surface area (Å²) in [6, 6.07) is 4.37. The van der Waals surface area contributed by atoms with Crippen LogP contribution in [0.4, 0.5) is 4.39 Å². The summed E-state index contributed by atoms with van der Waals surface area (Å²) in [5.74, 6) is -0.198. The number of imidazole rings is 1. The van der Waals surface area contributed by atoms with E-state index < -0.39 is 11.4 Å². The minimum atomic E-state index is -0.571. The van der Waals surface area contributed by atoms with Crippen LogP contribution in [0.1, 0.15) is 0 Å². The Labute approximate surface area is 101 Å². The lowest BCUT2D eigenvalue weighted by Crippen LogP contribution is -2.12. The summed E-state index contributed by atoms with van der Waals surface area (Å²) >= 11 is 0. The Morgan fingerprint density at radius 2 is 2.22 bits per heavy atom. The quantitative estimate of drug-likeness (QED) is 0.704. The Morgan fingerprint density at radius 1 is 1.39 bits per heavy atom. The molecule has 0 radical (unpaired) electrons. The lowest BCUT2D eigenvalue weighted by atomic mass is 10.2. The van der Waals surface area contributed by atoms with E-state index in [0.29, 0.717) is 17.0 Å². The van der Waals surface area contributed by atoms with E-state index >= 15 is 0 Å². The second kappa shape index (κ2) is 3.76. The fraction of sp³-hybridized carbons (Fsp3) is 0.0833. The number of nitrogens with one attached hydrogen (secondary N) is 1. The highest BCUT2D eigenvalue weighted by molar-refractivity contribution is 5.79. The van der Waals surface area contributed by atoms with E-state index in [1.54, 1.807) is 30.2 Å². The Hall–Kier alpha value is -2.50. The molecule has 1 aromatic carbocycles. The van der Waals surface area contributed by atoms with E-state index in [0.717, 1.165) is 0 Å². The van der Waals surface area contributed by atoms with Gasteiger partial charge in [-0.25, -0.2) is 14.4 Å². The number of nitrogens with zero attached hydrogens (tertiary/aromatic N) is 3. The molecule has 0 aliphatic heterocycles. The van der Waals surface area contributed by atoms with Crippen LogP contribution < -0.4 is 5.56 Å². The molecule has 0 saturated heterocycles. The van der Waals surface area contributed by atoms with E-state index in [-0.39, 0.29) is 5.39 Å². The predicted molar refractivity (Wildman–Crippen MR) is 64.5 cm³/mol. The number of aromatic amines is 1. The van der Waals surface area contributed by atoms with E-state index in [1.165, 1.54) is 12.1 Å². The maximum Gasteiger partial charge on any atom is 0.262 e. The molecule has 2 heterocycles. The number of rotatable bonds is 1. The molecular formula is C12H9FN4O. The monoisotopic (exact) mass is 244 g/mol. The SMILES string of the molecule is Cn1cncc1-c1nc2cccc(F)c2c(=O)[nH]1. The standard InChI is InChI=1S/C12H9FN4O/c1-17-6-14-5-9(17)11-15-8-4-2-3-7(13)10(8)12(18)16-11/h2-6H,1H3,(H,15,16,18). The molecule has 0 aliphatic carbocycles. The van der Waals surface area contributed by atoms with Gasteiger partial charge in [0.05, 0.1) is 18.0 Å². The molecule has 0 fully saturated rings. The first-order chi connectivity index (χ1) is 8.66. The first kappa shape index (κ1) is 10.6. The number of hydrogen-bond donors (Lipinski definition) is 1. The fourth-order valence-corrected chi connectivity index (χ4v) is 1.86. The molecule has 18 heavy (non-hydrogen) atoms. The van der Waals surface area contributed by atoms with Gasteiger partial charge in [-0.2, -0.15) is 0 Å². The number of hydrogen-bond acceptors (Lipinski definition) is 3. The van der Waals surface area contributed by atoms with Gasteiger partial charge >= 0.3 is 0 Å². The Bertz CT molecular complexity index is 790. The maximum absolute atomic E-state index is 13.5. The zero-order chi connectivity index (χ0) is 12.7. The van der Waals surface area contributed by atoms with Gasteiger partial charge in [-0.05, 0) is 12.1 Å². The van der Waals surface area contributed by atoms with Crippen LogP contribution in [0.3, 0.4) is 0 Å². The molecule has 2 aromatic heterocycles. The summed E-state index contributed by atoms with van der Waals surface area (Å²) in [7, 11) is 1.79. The van der Waals surface area contributed by atoms with Crippen molar-refractivity contribution in [1.29, 1.82) is 0 Å². The molecule has 0 saturated carbocycles. The molecule has 5 nitrogen and oxygen atoms in total. The molecule has 0 aliphatic rings. The molecule has 0 bridgehead atoms. The summed E-state index contributed by atoms with van der Waals surface area (Å²) in [5.41, 5.74) is 0.502. The van der Waals surface area contributed by atoms with Gasteiger partial charge < -0.3 is 9.55 Å². The van der Waals surface area contributed by atoms with Crippen molar-refractivity contribution in [3.63, 3.8) is 0 Å². The molecular weight excluding hydrogens is 235 g/mol. The molecule has 3 aromatic rings. The number of H-pyrrole nitrogens is 1. The minimum Gasteiger partial charge on any atom is -0.331 e. The van der Waals surface area contributed by atoms with Crippen molar-refractivity contribution in [1.82, 2.24) is 19.5 Å². The molecule has 0 unspecified atom stereocenters. The first-order valence-corrected chi connectivity index (χ1v) is 5.32. The zero-order valence-electron chi connectivity index (χ0n) is 9.51. The molecule has 3 rings (SSSR count). The third kappa shape index (κ3) is 1.50. The van der Waals surface area contributed by atoms with Crippen LogP contribution in [0.5, 0.6) is 0 Å². The van der Waals surface area contributed by atoms with Crippen molar-refractivity contribution >= 4 is 10.9 Å². The van der Waals surface area contributed by atoms with Gasteiger partial charge in [0.1, 0.15) is 16.9 Å². The van der Waals surface area contributed by atoms with Crippen molar-refractivity contribution in [2.45, 2.75) is 0 Å². The molecule has 6 heteroatoms. The maximum atomic E-state index is 13.5. The van der Waals surface area contributed by atoms with E-state index in [9.17, 15) is 9.18 Å². The average molecular weight is 244 g/mol. The van der Waals surface area contributed by atoms with Crippen LogP contribution in [-0.4, -0.2) is 19.5 Å². The second-order valence-electron chi connectivity index (χ2n) is 3.94. The third-order valence-electron chi connectivity index (χ3n) is 2.74. The van der Waals surface area contributed by atoms with Gasteiger partial charge in [0.2, 0.25) is 0 Å². The normalized spacial score (nSPS) is 11.0. The fourth-order valence-electron chi connectivity index (χ4n) is 1.86. The molecule has 0 atom stereocenters. The van der Waals surface area contributed by atoms with Crippen LogP contribution in [0.25, 0.3) is 22.4 Å². The lowest BCUT2D eigenvalue weighted by Gasteiger charge is -2.03. The van der Waals surface area contributed by atoms with Gasteiger partial charge in [-0.1, -0.05) is 6.07 Å². The average Bonchev–Trinajstić information content (AvgIpc) is 2.75. The van der Waals surface area contributed by atoms with E-state index in [2.05, 4.69) is 15.0 Å². The summed E-state index contributed by atoms with van der Waals surface area (Å²) < 4.78 is 15.2. The van der Waals surface area contributed by atoms with Crippen molar-refractivity contribution in [3.05, 3.63) is 46.9 Å². The molecule has 90 valence electrons. The van der Waals surface area contributed by atoms with Crippen molar-refractivity contribution in [3.8, 4) is 11.5 Å². The number of aromatic nitrogens is 4. The summed E-state index contributed by atoms with van der Waals surface area (Å²) in [5, 5.41) is -0.0246. The number of halogens is 1. The molecule has 1 N–H and O–H groups in total. The van der Waals surface area contributed by atoms with Crippen LogP contribution in [-0.2, 0) is 7.05 Å². The lowest BCUT2D eigenvalue weighted by molar-refractivity contribution is 0.638. The number of fused-ring (bicyclic) bond motifs is 1. The Balaban J connectivity index is 2.36. The highest BCUT2D eigenvalue weighted by atomic mass is 19.1. The van der Waals surface area contributed by atoms with Gasteiger partial charge in [0, 0.05) is 7.05 Å². The van der Waals surface area contributed by atoms with Gasteiger partial charge in [0.25, 0.3) is 5.56 Å². The minimum absolute atomic E-state index is 0.0246. The second-order valence-corrected chi connectivity index (χ2v) is 3.94. The summed E-state index contributed by atoms with van der Waals surface area (Å²) in [6.45, 7) is 0. The highest BCUT2D eigenvalue weighted by Crippen LogP contribution is 2.16. The van der Waals surface area contributed by atoms with Crippen molar-refractivity contribution in [2.24, 2.45) is 7.05 Å². The van der Waals surface area contributed by atoms with Crippen LogP contribution in [0.15, 0.2) is 35.5 Å². The van der Waals surface area contributed by atoms with E-state index in [4.69, 9.17) is 0 Å². The predicted octanol–water partition coefficient (Wildman–Crippen LogP) is 1.46. The van der Waals surface area contributed by atoms with Gasteiger partial charge in [0.15, 0.2) is 5.82 Å². The van der Waals surface area contributed by atoms with Crippen LogP contribution >= 0.6 is 0 Å². The van der Waals surface area contributed by atoms with Crippen molar-refractivity contribution in [2.75, 3.05) is 0 Å². The van der Waals surface area contributed by atoms with Gasteiger partial charge in [-0.15, -0.1) is 0 Å². The van der Waals surface area contributed by atoms with Crippen LogP contribution in [0.2, 0.25) is 0 Å². The molecule has 0 amide bonds. The Kier molecular flexibility index (Phi) is 2.22. The summed E-state index contributed by atoms with van der Waals surface area (Å²) in [4.78, 5) is 22.6. The highest BCUT2D eigenvalue weighted by Gasteiger charge is 2.11. The Morgan fingerprint density at radius 3 is 2.94 bits per heavy atom. The van der Waals surface area contributed by atoms with Gasteiger partial charge in [-0.3, -0.25) is 4.79 Å². The first-order valence-electron chi connectivity index (χ1n) is 5.32. The van der Waals surface area contributed by atoms with Crippen molar-refractivity contribution < 1.29 is 4.39 Å². The smallest absolute Gasteiger partial charge is 0.262 e. The topological polar surface area (TPSA) is 63.6 Å². The summed E-state index contributed by atoms with van der Waals surface area (Å²) in [6.07, 6.45) is 3.19. The largest absolute Gasteiger partial charge is 0.331 e. The molecule has 0 spiro atoms.